The van der Waals surface area contributed by atoms with Crippen molar-refractivity contribution in [1.29, 1.82) is 0 Å². The summed E-state index contributed by atoms with van der Waals surface area (Å²) in [6, 6.07) is 0. The third-order valence-corrected chi connectivity index (χ3v) is 3.32. The van der Waals surface area contributed by atoms with E-state index in [0.717, 1.165) is 0 Å². The molecule has 0 aliphatic carbocycles. The Morgan fingerprint density at radius 2 is 2.19 bits per heavy atom. The lowest BCUT2D eigenvalue weighted by Crippen LogP contribution is -2.58. The molecule has 5 nitrogen and oxygen atoms in total. The molecule has 0 saturated heterocycles. The predicted molar refractivity (Wildman–Crippen MR) is 67.4 cm³/mol. The Balaban J connectivity index is 3.19. The Kier molecular flexibility index (Phi) is 4.15. The molecule has 0 bridgehead atoms. The Hall–Kier alpha value is -0.820. The van der Waals surface area contributed by atoms with Gasteiger partial charge in [0.15, 0.2) is 0 Å². The Labute approximate surface area is 104 Å². The lowest BCUT2D eigenvalue weighted by atomic mass is 9.97. The average Bonchev–Trinajstić information content (AvgIpc) is 2.26. The van der Waals surface area contributed by atoms with Gasteiger partial charge in [0, 0.05) is 5.92 Å². The molecule has 0 aromatic heterocycles. The van der Waals surface area contributed by atoms with E-state index in [4.69, 9.17) is 21.7 Å². The van der Waals surface area contributed by atoms with Crippen LogP contribution in [0, 0.1) is 5.92 Å². The number of rotatable bonds is 2. The Morgan fingerprint density at radius 1 is 1.56 bits per heavy atom. The van der Waals surface area contributed by atoms with Crippen molar-refractivity contribution >= 4 is 39.5 Å². The fourth-order valence-electron chi connectivity index (χ4n) is 1.30. The zero-order valence-electron chi connectivity index (χ0n) is 9.57. The molecule has 1 N–H and O–H groups in total. The molecule has 7 heteroatoms. The molecule has 0 aromatic carbocycles. The van der Waals surface area contributed by atoms with Crippen LogP contribution in [0.3, 0.4) is 0 Å². The first-order valence-electron chi connectivity index (χ1n) is 4.68. The van der Waals surface area contributed by atoms with Crippen LogP contribution < -0.4 is 5.32 Å². The van der Waals surface area contributed by atoms with Crippen molar-refractivity contribution in [2.75, 3.05) is 14.2 Å². The van der Waals surface area contributed by atoms with E-state index in [1.807, 2.05) is 13.8 Å². The van der Waals surface area contributed by atoms with Gasteiger partial charge in [-0.25, -0.2) is 9.79 Å². The highest BCUT2D eigenvalue weighted by Gasteiger charge is 2.46. The standard InChI is InChI=1S/C9H14N2O3S2/c1-5(2)9(6(12)13-3)10-7(14-4)16-8(15)11-9/h5H,1-4H3,(H,11,15)/t9-/m0/s1. The number of hydrogen-bond acceptors (Lipinski definition) is 6. The lowest BCUT2D eigenvalue weighted by molar-refractivity contribution is -0.149. The predicted octanol–water partition coefficient (Wildman–Crippen LogP) is 1.14. The molecule has 0 spiro atoms. The summed E-state index contributed by atoms with van der Waals surface area (Å²) in [6.45, 7) is 3.72. The number of nitrogens with zero attached hydrogens (tertiary/aromatic N) is 1. The Bertz CT molecular complexity index is 344. The van der Waals surface area contributed by atoms with E-state index in [2.05, 4.69) is 10.3 Å². The van der Waals surface area contributed by atoms with Gasteiger partial charge in [0.05, 0.1) is 14.2 Å². The second-order valence-corrected chi connectivity index (χ2v) is 5.14. The third-order valence-electron chi connectivity index (χ3n) is 2.25. The summed E-state index contributed by atoms with van der Waals surface area (Å²) < 4.78 is 10.3. The first-order chi connectivity index (χ1) is 7.46. The molecule has 0 saturated carbocycles. The highest BCUT2D eigenvalue weighted by molar-refractivity contribution is 8.32. The third kappa shape index (κ3) is 2.30. The topological polar surface area (TPSA) is 59.9 Å². The van der Waals surface area contributed by atoms with E-state index in [-0.39, 0.29) is 5.92 Å². The first-order valence-corrected chi connectivity index (χ1v) is 5.91. The van der Waals surface area contributed by atoms with E-state index in [1.165, 1.54) is 26.0 Å². The second-order valence-electron chi connectivity index (χ2n) is 3.51. The number of hydrogen-bond donors (Lipinski definition) is 1. The molecule has 0 fully saturated rings. The molecule has 0 amide bonds. The zero-order chi connectivity index (χ0) is 12.3. The maximum atomic E-state index is 11.8. The van der Waals surface area contributed by atoms with Gasteiger partial charge in [-0.1, -0.05) is 26.1 Å². The number of ether oxygens (including phenoxy) is 2. The molecular formula is C9H14N2O3S2. The van der Waals surface area contributed by atoms with Crippen molar-refractivity contribution in [3.8, 4) is 0 Å². The molecule has 0 unspecified atom stereocenters. The van der Waals surface area contributed by atoms with Gasteiger partial charge in [-0.15, -0.1) is 0 Å². The summed E-state index contributed by atoms with van der Waals surface area (Å²) in [7, 11) is 2.81. The maximum Gasteiger partial charge on any atom is 0.355 e. The van der Waals surface area contributed by atoms with Gasteiger partial charge >= 0.3 is 5.97 Å². The summed E-state index contributed by atoms with van der Waals surface area (Å²) in [4.78, 5) is 16.1. The minimum Gasteiger partial charge on any atom is -0.476 e. The van der Waals surface area contributed by atoms with Gasteiger partial charge in [0.1, 0.15) is 4.32 Å². The molecule has 1 aliphatic heterocycles. The monoisotopic (exact) mass is 262 g/mol. The van der Waals surface area contributed by atoms with E-state index in [0.29, 0.717) is 9.55 Å². The van der Waals surface area contributed by atoms with Gasteiger partial charge in [-0.3, -0.25) is 0 Å². The van der Waals surface area contributed by atoms with Crippen LogP contribution in [-0.2, 0) is 14.3 Å². The SMILES string of the molecule is COC(=O)[C@@]1(C(C)C)N=C(OC)SC(=S)N1. The molecule has 16 heavy (non-hydrogen) atoms. The highest BCUT2D eigenvalue weighted by Crippen LogP contribution is 2.28. The van der Waals surface area contributed by atoms with E-state index >= 15 is 0 Å². The van der Waals surface area contributed by atoms with Gasteiger partial charge in [-0.05, 0) is 11.8 Å². The molecule has 90 valence electrons. The summed E-state index contributed by atoms with van der Waals surface area (Å²) in [6.07, 6.45) is 0. The average molecular weight is 262 g/mol. The lowest BCUT2D eigenvalue weighted by Gasteiger charge is -2.35. The number of esters is 1. The van der Waals surface area contributed by atoms with E-state index in [9.17, 15) is 4.79 Å². The van der Waals surface area contributed by atoms with Crippen molar-refractivity contribution in [2.45, 2.75) is 19.5 Å². The summed E-state index contributed by atoms with van der Waals surface area (Å²) in [5.41, 5.74) is -1.18. The Morgan fingerprint density at radius 3 is 2.62 bits per heavy atom. The normalized spacial score (nSPS) is 24.8. The highest BCUT2D eigenvalue weighted by atomic mass is 32.2. The van der Waals surface area contributed by atoms with Crippen molar-refractivity contribution in [3.05, 3.63) is 0 Å². The van der Waals surface area contributed by atoms with Crippen LogP contribution in [-0.4, -0.2) is 35.4 Å². The van der Waals surface area contributed by atoms with Crippen molar-refractivity contribution < 1.29 is 14.3 Å². The van der Waals surface area contributed by atoms with Crippen molar-refractivity contribution in [2.24, 2.45) is 10.9 Å². The first kappa shape index (κ1) is 13.2. The van der Waals surface area contributed by atoms with Gasteiger partial charge in [0.25, 0.3) is 5.23 Å². The fourth-order valence-corrected chi connectivity index (χ4v) is 2.31. The van der Waals surface area contributed by atoms with Crippen LogP contribution in [0.15, 0.2) is 4.99 Å². The fraction of sp³-hybridized carbons (Fsp3) is 0.667. The van der Waals surface area contributed by atoms with Crippen LogP contribution >= 0.6 is 24.0 Å². The summed E-state index contributed by atoms with van der Waals surface area (Å²) in [5.74, 6) is -0.580. The van der Waals surface area contributed by atoms with Gasteiger partial charge in [0.2, 0.25) is 5.66 Å². The summed E-state index contributed by atoms with van der Waals surface area (Å²) >= 11 is 6.24. The van der Waals surface area contributed by atoms with E-state index in [1.54, 1.807) is 0 Å². The van der Waals surface area contributed by atoms with Crippen molar-refractivity contribution in [1.82, 2.24) is 5.32 Å². The van der Waals surface area contributed by atoms with Crippen LogP contribution in [0.2, 0.25) is 0 Å². The molecular weight excluding hydrogens is 248 g/mol. The number of nitrogens with one attached hydrogen (secondary N) is 1. The number of thioether (sulfide) groups is 1. The quantitative estimate of drug-likeness (QED) is 0.595. The van der Waals surface area contributed by atoms with Crippen LogP contribution in [0.1, 0.15) is 13.8 Å². The second kappa shape index (κ2) is 5.01. The van der Waals surface area contributed by atoms with Crippen LogP contribution in [0.4, 0.5) is 0 Å². The zero-order valence-corrected chi connectivity index (χ0v) is 11.2. The molecule has 0 aromatic rings. The van der Waals surface area contributed by atoms with Crippen LogP contribution in [0.25, 0.3) is 0 Å². The molecule has 0 radical (unpaired) electrons. The molecule has 1 aliphatic rings. The number of methoxy groups -OCH3 is 2. The van der Waals surface area contributed by atoms with E-state index < -0.39 is 11.6 Å². The van der Waals surface area contributed by atoms with Crippen molar-refractivity contribution in [3.63, 3.8) is 0 Å². The number of carbonyl (C=O) groups excluding carboxylic acids is 1. The number of thiocarbonyl (C=S) groups is 1. The molecule has 1 atom stereocenters. The number of carbonyl (C=O) groups is 1. The maximum absolute atomic E-state index is 11.8. The minimum atomic E-state index is -1.18. The smallest absolute Gasteiger partial charge is 0.355 e. The summed E-state index contributed by atoms with van der Waals surface area (Å²) in [5, 5.41) is 3.26. The largest absolute Gasteiger partial charge is 0.476 e. The minimum absolute atomic E-state index is 0.107. The van der Waals surface area contributed by atoms with Gasteiger partial charge in [-0.2, -0.15) is 0 Å². The molecule has 1 rings (SSSR count). The van der Waals surface area contributed by atoms with Crippen LogP contribution in [0.5, 0.6) is 0 Å². The number of aliphatic imine (C=N–C) groups is 1. The molecule has 1 heterocycles. The van der Waals surface area contributed by atoms with Gasteiger partial charge < -0.3 is 14.8 Å².